The van der Waals surface area contributed by atoms with Gasteiger partial charge in [-0.3, -0.25) is 19.7 Å². The maximum Gasteiger partial charge on any atom is 0.273 e. The topological polar surface area (TPSA) is 123 Å². The summed E-state index contributed by atoms with van der Waals surface area (Å²) in [6.45, 7) is -0.135. The molecule has 0 bridgehead atoms. The number of ether oxygens (including phenoxy) is 1. The van der Waals surface area contributed by atoms with Crippen molar-refractivity contribution in [3.63, 3.8) is 0 Å². The van der Waals surface area contributed by atoms with Gasteiger partial charge in [-0.1, -0.05) is 36.4 Å². The van der Waals surface area contributed by atoms with Crippen LogP contribution in [-0.4, -0.2) is 29.6 Å². The lowest BCUT2D eigenvalue weighted by Gasteiger charge is -2.07. The molecule has 0 unspecified atom stereocenters. The van der Waals surface area contributed by atoms with Crippen LogP contribution in [0.25, 0.3) is 0 Å². The average molecular weight is 432 g/mol. The number of amides is 2. The third-order valence-electron chi connectivity index (χ3n) is 4.25. The minimum Gasteiger partial charge on any atom is -0.484 e. The number of anilines is 1. The Hall–Kier alpha value is -4.53. The number of nitro benzene ring substituents is 1. The van der Waals surface area contributed by atoms with Gasteiger partial charge in [-0.25, -0.2) is 5.43 Å². The first-order valence-corrected chi connectivity index (χ1v) is 9.63. The Labute approximate surface area is 183 Å². The largest absolute Gasteiger partial charge is 0.484 e. The van der Waals surface area contributed by atoms with E-state index < -0.39 is 10.8 Å². The highest BCUT2D eigenvalue weighted by molar-refractivity contribution is 5.91. The maximum atomic E-state index is 12.0. The van der Waals surface area contributed by atoms with Crippen molar-refractivity contribution in [3.05, 3.63) is 100 Å². The number of hydrazone groups is 1. The van der Waals surface area contributed by atoms with Crippen molar-refractivity contribution < 1.29 is 19.2 Å². The van der Waals surface area contributed by atoms with E-state index in [9.17, 15) is 19.7 Å². The number of nitrogens with one attached hydrogen (secondary N) is 2. The zero-order valence-corrected chi connectivity index (χ0v) is 16.9. The molecule has 9 nitrogen and oxygen atoms in total. The van der Waals surface area contributed by atoms with E-state index in [0.29, 0.717) is 22.6 Å². The molecule has 0 saturated heterocycles. The van der Waals surface area contributed by atoms with Crippen LogP contribution in [0.5, 0.6) is 5.75 Å². The van der Waals surface area contributed by atoms with Gasteiger partial charge in [0.1, 0.15) is 5.75 Å². The van der Waals surface area contributed by atoms with Crippen LogP contribution in [-0.2, 0) is 16.0 Å². The van der Waals surface area contributed by atoms with Crippen LogP contribution in [0.15, 0.2) is 84.0 Å². The number of carbonyl (C=O) groups excluding carboxylic acids is 2. The Morgan fingerprint density at radius 2 is 1.62 bits per heavy atom. The van der Waals surface area contributed by atoms with E-state index in [-0.39, 0.29) is 24.6 Å². The number of benzene rings is 3. The summed E-state index contributed by atoms with van der Waals surface area (Å²) in [5.41, 5.74) is 3.93. The summed E-state index contributed by atoms with van der Waals surface area (Å²) in [4.78, 5) is 34.4. The smallest absolute Gasteiger partial charge is 0.273 e. The average Bonchev–Trinajstić information content (AvgIpc) is 2.79. The molecule has 9 heteroatoms. The number of nitrogens with zero attached hydrogens (tertiary/aromatic N) is 2. The molecule has 3 aromatic carbocycles. The van der Waals surface area contributed by atoms with Crippen LogP contribution in [0.4, 0.5) is 11.4 Å². The van der Waals surface area contributed by atoms with Gasteiger partial charge in [0.25, 0.3) is 11.6 Å². The van der Waals surface area contributed by atoms with Crippen molar-refractivity contribution in [2.75, 3.05) is 11.9 Å². The molecule has 0 aliphatic rings. The number of para-hydroxylation sites is 2. The fraction of sp³-hybridized carbons (Fsp3) is 0.0870. The number of hydrogen-bond donors (Lipinski definition) is 2. The van der Waals surface area contributed by atoms with E-state index in [1.807, 2.05) is 18.2 Å². The highest BCUT2D eigenvalue weighted by Crippen LogP contribution is 2.18. The molecule has 0 aliphatic heterocycles. The molecule has 162 valence electrons. The van der Waals surface area contributed by atoms with Crippen molar-refractivity contribution >= 4 is 29.4 Å². The van der Waals surface area contributed by atoms with E-state index in [1.54, 1.807) is 48.5 Å². The van der Waals surface area contributed by atoms with Crippen molar-refractivity contribution in [1.29, 1.82) is 0 Å². The van der Waals surface area contributed by atoms with E-state index in [4.69, 9.17) is 4.74 Å². The first kappa shape index (κ1) is 22.2. The second-order valence-corrected chi connectivity index (χ2v) is 6.63. The Balaban J connectivity index is 1.45. The van der Waals surface area contributed by atoms with Crippen LogP contribution in [0, 0.1) is 10.1 Å². The summed E-state index contributed by atoms with van der Waals surface area (Å²) < 4.78 is 5.45. The Morgan fingerprint density at radius 3 is 2.34 bits per heavy atom. The lowest BCUT2D eigenvalue weighted by Crippen LogP contribution is -2.20. The molecular weight excluding hydrogens is 412 g/mol. The van der Waals surface area contributed by atoms with Gasteiger partial charge in [0.05, 0.1) is 17.6 Å². The van der Waals surface area contributed by atoms with E-state index >= 15 is 0 Å². The van der Waals surface area contributed by atoms with Gasteiger partial charge in [-0.2, -0.15) is 5.10 Å². The molecule has 0 radical (unpaired) electrons. The molecule has 0 fully saturated rings. The molecule has 0 heterocycles. The standard InChI is InChI=1S/C23H20N4O5/c28-22(14-18-6-4-5-9-21(18)27(30)31)26-24-15-17-10-12-20(13-11-17)32-16-23(29)25-19-7-2-1-3-8-19/h1-13,15H,14,16H2,(H,25,29)(H,26,28)/b24-15+. The van der Waals surface area contributed by atoms with Gasteiger partial charge in [0.2, 0.25) is 5.91 Å². The molecular formula is C23H20N4O5. The molecule has 2 N–H and O–H groups in total. The van der Waals surface area contributed by atoms with Gasteiger partial charge in [0, 0.05) is 17.3 Å². The summed E-state index contributed by atoms with van der Waals surface area (Å²) in [6.07, 6.45) is 1.27. The SMILES string of the molecule is O=C(Cc1ccccc1[N+](=O)[O-])N/N=C/c1ccc(OCC(=O)Nc2ccccc2)cc1. The van der Waals surface area contributed by atoms with Gasteiger partial charge >= 0.3 is 0 Å². The van der Waals surface area contributed by atoms with E-state index in [0.717, 1.165) is 0 Å². The molecule has 0 atom stereocenters. The zero-order chi connectivity index (χ0) is 22.8. The van der Waals surface area contributed by atoms with Crippen molar-refractivity contribution in [2.45, 2.75) is 6.42 Å². The first-order chi connectivity index (χ1) is 15.5. The van der Waals surface area contributed by atoms with Crippen LogP contribution in [0.1, 0.15) is 11.1 Å². The van der Waals surface area contributed by atoms with Gasteiger partial charge in [0.15, 0.2) is 6.61 Å². The molecule has 3 rings (SSSR count). The van der Waals surface area contributed by atoms with Crippen molar-refractivity contribution in [1.82, 2.24) is 5.43 Å². The van der Waals surface area contributed by atoms with Crippen LogP contribution >= 0.6 is 0 Å². The highest BCUT2D eigenvalue weighted by Gasteiger charge is 2.15. The number of carbonyl (C=O) groups is 2. The van der Waals surface area contributed by atoms with Crippen LogP contribution in [0.3, 0.4) is 0 Å². The predicted molar refractivity (Wildman–Crippen MR) is 120 cm³/mol. The third kappa shape index (κ3) is 6.77. The van der Waals surface area contributed by atoms with Crippen LogP contribution < -0.4 is 15.5 Å². The van der Waals surface area contributed by atoms with Gasteiger partial charge < -0.3 is 10.1 Å². The number of hydrogen-bond acceptors (Lipinski definition) is 6. The van der Waals surface area contributed by atoms with Gasteiger partial charge in [-0.05, 0) is 42.0 Å². The fourth-order valence-electron chi connectivity index (χ4n) is 2.75. The number of nitro groups is 1. The van der Waals surface area contributed by atoms with Gasteiger partial charge in [-0.15, -0.1) is 0 Å². The maximum absolute atomic E-state index is 12.0. The normalized spacial score (nSPS) is 10.5. The molecule has 0 saturated carbocycles. The molecule has 2 amide bonds. The van der Waals surface area contributed by atoms with Crippen molar-refractivity contribution in [2.24, 2.45) is 5.10 Å². The van der Waals surface area contributed by atoms with E-state index in [2.05, 4.69) is 15.8 Å². The minimum atomic E-state index is -0.527. The van der Waals surface area contributed by atoms with Crippen LogP contribution in [0.2, 0.25) is 0 Å². The lowest BCUT2D eigenvalue weighted by atomic mass is 10.1. The highest BCUT2D eigenvalue weighted by atomic mass is 16.6. The summed E-state index contributed by atoms with van der Waals surface area (Å²) in [5, 5.41) is 17.6. The quantitative estimate of drug-likeness (QED) is 0.305. The summed E-state index contributed by atoms with van der Waals surface area (Å²) in [6, 6.07) is 21.9. The zero-order valence-electron chi connectivity index (χ0n) is 16.9. The second-order valence-electron chi connectivity index (χ2n) is 6.63. The lowest BCUT2D eigenvalue weighted by molar-refractivity contribution is -0.385. The summed E-state index contributed by atoms with van der Waals surface area (Å²) >= 11 is 0. The Bertz CT molecular complexity index is 1110. The summed E-state index contributed by atoms with van der Waals surface area (Å²) in [7, 11) is 0. The Kier molecular flexibility index (Phi) is 7.63. The molecule has 0 spiro atoms. The second kappa shape index (κ2) is 11.0. The van der Waals surface area contributed by atoms with Crippen molar-refractivity contribution in [3.8, 4) is 5.75 Å². The monoisotopic (exact) mass is 432 g/mol. The number of rotatable bonds is 9. The Morgan fingerprint density at radius 1 is 0.938 bits per heavy atom. The molecule has 32 heavy (non-hydrogen) atoms. The molecule has 3 aromatic rings. The van der Waals surface area contributed by atoms with E-state index in [1.165, 1.54) is 18.3 Å². The minimum absolute atomic E-state index is 0.111. The third-order valence-corrected chi connectivity index (χ3v) is 4.25. The summed E-state index contributed by atoms with van der Waals surface area (Å²) in [5.74, 6) is -0.242. The molecule has 0 aromatic heterocycles. The predicted octanol–water partition coefficient (Wildman–Crippen LogP) is 3.31. The molecule has 0 aliphatic carbocycles. The first-order valence-electron chi connectivity index (χ1n) is 9.63. The fourth-order valence-corrected chi connectivity index (χ4v) is 2.75.